The van der Waals surface area contributed by atoms with E-state index in [9.17, 15) is 4.79 Å². The Kier molecular flexibility index (Phi) is 6.01. The van der Waals surface area contributed by atoms with Crippen LogP contribution in [0, 0.1) is 6.92 Å². The number of nitrogens with zero attached hydrogens (tertiary/aromatic N) is 1. The summed E-state index contributed by atoms with van der Waals surface area (Å²) in [7, 11) is 3.20. The molecule has 27 heavy (non-hydrogen) atoms. The first-order valence-corrected chi connectivity index (χ1v) is 9.20. The molecule has 2 atom stereocenters. The average molecular weight is 369 g/mol. The lowest BCUT2D eigenvalue weighted by Gasteiger charge is -2.38. The molecule has 0 radical (unpaired) electrons. The lowest BCUT2D eigenvalue weighted by atomic mass is 10.0. The second-order valence-corrected chi connectivity index (χ2v) is 6.99. The number of carbonyl (C=O) groups excluding carboxylic acids is 1. The number of amides is 1. The molecule has 0 bridgehead atoms. The van der Waals surface area contributed by atoms with E-state index in [1.165, 1.54) is 5.56 Å². The quantitative estimate of drug-likeness (QED) is 0.809. The molecule has 1 amide bonds. The molecule has 1 fully saturated rings. The molecule has 0 N–H and O–H groups in total. The summed E-state index contributed by atoms with van der Waals surface area (Å²) in [5.41, 5.74) is 3.23. The number of rotatable bonds is 5. The molecule has 2 aromatic rings. The van der Waals surface area contributed by atoms with Crippen molar-refractivity contribution in [1.29, 1.82) is 0 Å². The molecule has 0 saturated carbocycles. The van der Waals surface area contributed by atoms with E-state index < -0.39 is 0 Å². The lowest BCUT2D eigenvalue weighted by molar-refractivity contribution is -0.143. The van der Waals surface area contributed by atoms with Crippen molar-refractivity contribution in [3.8, 4) is 11.5 Å². The number of morpholine rings is 1. The highest BCUT2D eigenvalue weighted by molar-refractivity contribution is 5.79. The monoisotopic (exact) mass is 369 g/mol. The van der Waals surface area contributed by atoms with Gasteiger partial charge in [0.05, 0.1) is 39.8 Å². The zero-order chi connectivity index (χ0) is 19.4. The van der Waals surface area contributed by atoms with Crippen LogP contribution < -0.4 is 9.47 Å². The maximum absolute atomic E-state index is 13.0. The summed E-state index contributed by atoms with van der Waals surface area (Å²) in [4.78, 5) is 14.9. The highest BCUT2D eigenvalue weighted by Gasteiger charge is 2.30. The third kappa shape index (κ3) is 4.42. The Labute approximate surface area is 160 Å². The highest BCUT2D eigenvalue weighted by atomic mass is 16.5. The van der Waals surface area contributed by atoms with E-state index in [0.29, 0.717) is 31.1 Å². The molecule has 5 heteroatoms. The van der Waals surface area contributed by atoms with Crippen molar-refractivity contribution in [3.63, 3.8) is 0 Å². The van der Waals surface area contributed by atoms with Crippen LogP contribution >= 0.6 is 0 Å². The molecule has 3 rings (SSSR count). The summed E-state index contributed by atoms with van der Waals surface area (Å²) in [5, 5.41) is 0. The number of hydrogen-bond acceptors (Lipinski definition) is 4. The molecule has 5 nitrogen and oxygen atoms in total. The average Bonchev–Trinajstić information content (AvgIpc) is 2.68. The second-order valence-electron chi connectivity index (χ2n) is 6.99. The van der Waals surface area contributed by atoms with Gasteiger partial charge >= 0.3 is 0 Å². The fourth-order valence-corrected chi connectivity index (χ4v) is 3.35. The maximum Gasteiger partial charge on any atom is 0.227 e. The van der Waals surface area contributed by atoms with E-state index in [1.807, 2.05) is 30.0 Å². The van der Waals surface area contributed by atoms with E-state index >= 15 is 0 Å². The molecule has 1 aliphatic heterocycles. The Hall–Kier alpha value is -2.53. The standard InChI is InChI=1S/C22H27NO4/c1-15-5-8-18(9-6-15)21-13-23(16(2)14-27-21)22(24)12-17-7-10-19(25-3)20(11-17)26-4/h5-11,16,21H,12-14H2,1-4H3. The normalized spacial score (nSPS) is 19.6. The summed E-state index contributed by atoms with van der Waals surface area (Å²) in [5.74, 6) is 1.39. The van der Waals surface area contributed by atoms with Gasteiger partial charge in [0, 0.05) is 0 Å². The smallest absolute Gasteiger partial charge is 0.227 e. The van der Waals surface area contributed by atoms with E-state index in [-0.39, 0.29) is 18.1 Å². The van der Waals surface area contributed by atoms with Gasteiger partial charge in [-0.2, -0.15) is 0 Å². The Morgan fingerprint density at radius 1 is 1.11 bits per heavy atom. The van der Waals surface area contributed by atoms with E-state index in [2.05, 4.69) is 31.2 Å². The molecule has 1 saturated heterocycles. The Morgan fingerprint density at radius 2 is 1.81 bits per heavy atom. The molecule has 1 aliphatic rings. The van der Waals surface area contributed by atoms with Gasteiger partial charge in [0.15, 0.2) is 11.5 Å². The van der Waals surface area contributed by atoms with Crippen molar-refractivity contribution in [3.05, 3.63) is 59.2 Å². The number of methoxy groups -OCH3 is 2. The molecule has 0 aromatic heterocycles. The number of ether oxygens (including phenoxy) is 3. The van der Waals surface area contributed by atoms with Crippen LogP contribution in [-0.4, -0.2) is 44.2 Å². The van der Waals surface area contributed by atoms with Crippen molar-refractivity contribution in [2.45, 2.75) is 32.4 Å². The van der Waals surface area contributed by atoms with Gasteiger partial charge < -0.3 is 19.1 Å². The third-order valence-electron chi connectivity index (χ3n) is 5.01. The van der Waals surface area contributed by atoms with Gasteiger partial charge in [-0.05, 0) is 37.1 Å². The summed E-state index contributed by atoms with van der Waals surface area (Å²) in [6.45, 7) is 5.19. The summed E-state index contributed by atoms with van der Waals surface area (Å²) < 4.78 is 16.6. The molecule has 0 aliphatic carbocycles. The topological polar surface area (TPSA) is 48.0 Å². The van der Waals surface area contributed by atoms with Gasteiger partial charge in [-0.1, -0.05) is 35.9 Å². The fourth-order valence-electron chi connectivity index (χ4n) is 3.35. The number of carbonyl (C=O) groups is 1. The molecule has 144 valence electrons. The lowest BCUT2D eigenvalue weighted by Crippen LogP contribution is -2.48. The van der Waals surface area contributed by atoms with Crippen molar-refractivity contribution in [2.24, 2.45) is 0 Å². The number of aryl methyl sites for hydroxylation is 1. The molecule has 2 aromatic carbocycles. The van der Waals surface area contributed by atoms with Crippen molar-refractivity contribution < 1.29 is 19.0 Å². The van der Waals surface area contributed by atoms with E-state index in [1.54, 1.807) is 14.2 Å². The Morgan fingerprint density at radius 3 is 2.48 bits per heavy atom. The first-order chi connectivity index (χ1) is 13.0. The molecular formula is C22H27NO4. The minimum absolute atomic E-state index is 0.0549. The third-order valence-corrected chi connectivity index (χ3v) is 5.01. The highest BCUT2D eigenvalue weighted by Crippen LogP contribution is 2.29. The number of hydrogen-bond donors (Lipinski definition) is 0. The zero-order valence-corrected chi connectivity index (χ0v) is 16.4. The van der Waals surface area contributed by atoms with Crippen LogP contribution in [-0.2, 0) is 16.0 Å². The summed E-state index contributed by atoms with van der Waals surface area (Å²) in [6, 6.07) is 14.0. The minimum Gasteiger partial charge on any atom is -0.493 e. The number of benzene rings is 2. The van der Waals surface area contributed by atoms with Crippen LogP contribution in [0.25, 0.3) is 0 Å². The van der Waals surface area contributed by atoms with Crippen LogP contribution in [0.4, 0.5) is 0 Å². The molecule has 1 heterocycles. The zero-order valence-electron chi connectivity index (χ0n) is 16.4. The second kappa shape index (κ2) is 8.44. The molecular weight excluding hydrogens is 342 g/mol. The van der Waals surface area contributed by atoms with Crippen LogP contribution in [0.15, 0.2) is 42.5 Å². The van der Waals surface area contributed by atoms with Crippen LogP contribution in [0.5, 0.6) is 11.5 Å². The Bertz CT molecular complexity index is 787. The summed E-state index contributed by atoms with van der Waals surface area (Å²) in [6.07, 6.45) is 0.238. The SMILES string of the molecule is COc1ccc(CC(=O)N2CC(c3ccc(C)cc3)OCC2C)cc1OC. The van der Waals surface area contributed by atoms with Gasteiger partial charge in [-0.25, -0.2) is 0 Å². The first kappa shape index (κ1) is 19.2. The van der Waals surface area contributed by atoms with Gasteiger partial charge in [-0.3, -0.25) is 4.79 Å². The van der Waals surface area contributed by atoms with Crippen LogP contribution in [0.2, 0.25) is 0 Å². The van der Waals surface area contributed by atoms with Crippen LogP contribution in [0.1, 0.15) is 29.7 Å². The Balaban J connectivity index is 1.72. The van der Waals surface area contributed by atoms with Crippen LogP contribution in [0.3, 0.4) is 0 Å². The molecule has 0 spiro atoms. The van der Waals surface area contributed by atoms with Crippen molar-refractivity contribution >= 4 is 5.91 Å². The van der Waals surface area contributed by atoms with E-state index in [4.69, 9.17) is 14.2 Å². The van der Waals surface area contributed by atoms with E-state index in [0.717, 1.165) is 11.1 Å². The van der Waals surface area contributed by atoms with Gasteiger partial charge in [0.1, 0.15) is 6.10 Å². The molecule has 2 unspecified atom stereocenters. The van der Waals surface area contributed by atoms with Crippen molar-refractivity contribution in [1.82, 2.24) is 4.90 Å². The van der Waals surface area contributed by atoms with Gasteiger partial charge in [-0.15, -0.1) is 0 Å². The van der Waals surface area contributed by atoms with Gasteiger partial charge in [0.25, 0.3) is 0 Å². The summed E-state index contributed by atoms with van der Waals surface area (Å²) >= 11 is 0. The maximum atomic E-state index is 13.0. The minimum atomic E-state index is -0.0869. The predicted octanol–water partition coefficient (Wildman–Crippen LogP) is 3.54. The predicted molar refractivity (Wildman–Crippen MR) is 104 cm³/mol. The van der Waals surface area contributed by atoms with Crippen molar-refractivity contribution in [2.75, 3.05) is 27.4 Å². The van der Waals surface area contributed by atoms with Gasteiger partial charge in [0.2, 0.25) is 5.91 Å². The largest absolute Gasteiger partial charge is 0.493 e. The first-order valence-electron chi connectivity index (χ1n) is 9.20. The fraction of sp³-hybridized carbons (Fsp3) is 0.409.